The van der Waals surface area contributed by atoms with Gasteiger partial charge >= 0.3 is 0 Å². The Bertz CT molecular complexity index is 1040. The first-order valence-corrected chi connectivity index (χ1v) is 9.06. The van der Waals surface area contributed by atoms with Crippen molar-refractivity contribution in [2.24, 2.45) is 0 Å². The maximum absolute atomic E-state index is 13.6. The molecule has 2 aliphatic rings. The zero-order chi connectivity index (χ0) is 16.9. The molecule has 0 atom stereocenters. The van der Waals surface area contributed by atoms with E-state index in [1.54, 1.807) is 11.0 Å². The van der Waals surface area contributed by atoms with Crippen LogP contribution in [0.1, 0.15) is 17.5 Å². The van der Waals surface area contributed by atoms with Gasteiger partial charge in [0.05, 0.1) is 10.6 Å². The molecule has 1 heterocycles. The van der Waals surface area contributed by atoms with E-state index in [-0.39, 0.29) is 9.80 Å². The molecule has 0 N–H and O–H groups in total. The summed E-state index contributed by atoms with van der Waals surface area (Å²) in [7, 11) is -3.99. The molecule has 4 nitrogen and oxygen atoms in total. The van der Waals surface area contributed by atoms with Gasteiger partial charge in [0.2, 0.25) is 9.84 Å². The lowest BCUT2D eigenvalue weighted by Gasteiger charge is -2.28. The summed E-state index contributed by atoms with van der Waals surface area (Å²) in [5.74, 6) is -0.648. The second kappa shape index (κ2) is 5.18. The molecule has 0 unspecified atom stereocenters. The fourth-order valence-corrected chi connectivity index (χ4v) is 4.60. The maximum atomic E-state index is 13.6. The van der Waals surface area contributed by atoms with Crippen LogP contribution in [0.5, 0.6) is 0 Å². The Kier molecular flexibility index (Phi) is 3.22. The van der Waals surface area contributed by atoms with E-state index in [9.17, 15) is 18.1 Å². The second-order valence-corrected chi connectivity index (χ2v) is 7.78. The van der Waals surface area contributed by atoms with E-state index in [2.05, 4.69) is 0 Å². The number of sulfone groups is 1. The van der Waals surface area contributed by atoms with Gasteiger partial charge in [-0.05, 0) is 60.7 Å². The van der Waals surface area contributed by atoms with Gasteiger partial charge in [-0.1, -0.05) is 6.07 Å². The van der Waals surface area contributed by atoms with Gasteiger partial charge in [0.15, 0.2) is 4.91 Å². The van der Waals surface area contributed by atoms with Crippen molar-refractivity contribution < 1.29 is 12.8 Å². The quantitative estimate of drug-likeness (QED) is 0.796. The number of allylic oxidation sites excluding steroid dienone is 1. The third-order valence-electron chi connectivity index (χ3n) is 4.48. The predicted octanol–water partition coefficient (Wildman–Crippen LogP) is 3.60. The molecule has 24 heavy (non-hydrogen) atoms. The lowest BCUT2D eigenvalue weighted by Crippen LogP contribution is -2.21. The number of fused-ring (bicyclic) bond motifs is 2. The van der Waals surface area contributed by atoms with Crippen molar-refractivity contribution in [1.29, 1.82) is 5.26 Å². The predicted molar refractivity (Wildman–Crippen MR) is 87.9 cm³/mol. The minimum Gasteiger partial charge on any atom is -0.314 e. The van der Waals surface area contributed by atoms with Gasteiger partial charge in [0, 0.05) is 11.9 Å². The van der Waals surface area contributed by atoms with Crippen LogP contribution in [-0.4, -0.2) is 8.42 Å². The molecule has 1 aliphatic carbocycles. The first-order chi connectivity index (χ1) is 11.5. The van der Waals surface area contributed by atoms with E-state index in [0.29, 0.717) is 5.69 Å². The van der Waals surface area contributed by atoms with Crippen LogP contribution in [-0.2, 0) is 22.7 Å². The third-order valence-corrected chi connectivity index (χ3v) is 6.16. The van der Waals surface area contributed by atoms with Gasteiger partial charge in [-0.2, -0.15) is 5.26 Å². The normalized spacial score (nSPS) is 17.7. The highest BCUT2D eigenvalue weighted by Crippen LogP contribution is 2.40. The summed E-state index contributed by atoms with van der Waals surface area (Å²) < 4.78 is 38.5. The molecule has 2 aromatic rings. The Labute approximate surface area is 139 Å². The van der Waals surface area contributed by atoms with Crippen LogP contribution in [0.4, 0.5) is 15.8 Å². The average molecular weight is 340 g/mol. The fraction of sp³-hybridized carbons (Fsp3) is 0.167. The smallest absolute Gasteiger partial charge is 0.220 e. The van der Waals surface area contributed by atoms with Crippen LogP contribution >= 0.6 is 0 Å². The number of aryl methyl sites for hydroxylation is 2. The Morgan fingerprint density at radius 3 is 2.67 bits per heavy atom. The SMILES string of the molecule is N#CC1=CN(c2ccc3c(c2)CCC3)c2ccc(F)cc2S1(=O)=O. The van der Waals surface area contributed by atoms with Gasteiger partial charge in [-0.3, -0.25) is 0 Å². The van der Waals surface area contributed by atoms with E-state index in [1.165, 1.54) is 29.5 Å². The molecular formula is C18H13FN2O2S. The highest BCUT2D eigenvalue weighted by atomic mass is 32.2. The Morgan fingerprint density at radius 1 is 1.08 bits per heavy atom. The number of hydrogen-bond donors (Lipinski definition) is 0. The van der Waals surface area contributed by atoms with E-state index >= 15 is 0 Å². The second-order valence-electron chi connectivity index (χ2n) is 5.90. The summed E-state index contributed by atoms with van der Waals surface area (Å²) in [5.41, 5.74) is 3.66. The average Bonchev–Trinajstić information content (AvgIpc) is 3.03. The van der Waals surface area contributed by atoms with Crippen molar-refractivity contribution in [2.75, 3.05) is 4.90 Å². The van der Waals surface area contributed by atoms with Crippen LogP contribution < -0.4 is 4.90 Å². The molecule has 4 rings (SSSR count). The summed E-state index contributed by atoms with van der Waals surface area (Å²) in [6, 6.07) is 11.3. The van der Waals surface area contributed by atoms with Gasteiger partial charge in [0.25, 0.3) is 0 Å². The summed E-state index contributed by atoms with van der Waals surface area (Å²) in [6.07, 6.45) is 4.45. The third kappa shape index (κ3) is 2.13. The van der Waals surface area contributed by atoms with Crippen molar-refractivity contribution in [3.8, 4) is 6.07 Å². The van der Waals surface area contributed by atoms with Crippen LogP contribution in [0.2, 0.25) is 0 Å². The van der Waals surface area contributed by atoms with Crippen LogP contribution in [0.3, 0.4) is 0 Å². The molecular weight excluding hydrogens is 327 g/mol. The van der Waals surface area contributed by atoms with Crippen LogP contribution in [0.25, 0.3) is 0 Å². The largest absolute Gasteiger partial charge is 0.314 e. The minimum atomic E-state index is -3.99. The molecule has 6 heteroatoms. The molecule has 2 aromatic carbocycles. The summed E-state index contributed by atoms with van der Waals surface area (Å²) in [5, 5.41) is 9.22. The fourth-order valence-electron chi connectivity index (χ4n) is 3.29. The molecule has 0 saturated carbocycles. The standard InChI is InChI=1S/C18H13FN2O2S/c19-14-5-7-17-18(9-14)24(22,23)16(10-20)11-21(17)15-6-4-12-2-1-3-13(12)8-15/h4-9,11H,1-3H2. The van der Waals surface area contributed by atoms with Gasteiger partial charge in [-0.25, -0.2) is 12.8 Å². The van der Waals surface area contributed by atoms with E-state index in [1.807, 2.05) is 18.2 Å². The molecule has 0 saturated heterocycles. The molecule has 120 valence electrons. The van der Waals surface area contributed by atoms with Crippen LogP contribution in [0.15, 0.2) is 52.4 Å². The monoisotopic (exact) mass is 340 g/mol. The summed E-state index contributed by atoms with van der Waals surface area (Å²) >= 11 is 0. The number of halogens is 1. The molecule has 0 fully saturated rings. The van der Waals surface area contributed by atoms with E-state index in [0.717, 1.165) is 31.0 Å². The van der Waals surface area contributed by atoms with Crippen molar-refractivity contribution >= 4 is 21.2 Å². The zero-order valence-electron chi connectivity index (χ0n) is 12.7. The van der Waals surface area contributed by atoms with Gasteiger partial charge in [-0.15, -0.1) is 0 Å². The molecule has 0 aromatic heterocycles. The highest BCUT2D eigenvalue weighted by Gasteiger charge is 2.32. The Balaban J connectivity index is 1.94. The lowest BCUT2D eigenvalue weighted by molar-refractivity contribution is 0.596. The lowest BCUT2D eigenvalue weighted by atomic mass is 10.1. The number of anilines is 2. The van der Waals surface area contributed by atoms with Crippen molar-refractivity contribution in [1.82, 2.24) is 0 Å². The van der Waals surface area contributed by atoms with E-state index < -0.39 is 15.7 Å². The number of nitriles is 1. The summed E-state index contributed by atoms with van der Waals surface area (Å²) in [6.45, 7) is 0. The Morgan fingerprint density at radius 2 is 1.88 bits per heavy atom. The highest BCUT2D eigenvalue weighted by molar-refractivity contribution is 7.95. The van der Waals surface area contributed by atoms with E-state index in [4.69, 9.17) is 0 Å². The maximum Gasteiger partial charge on any atom is 0.220 e. The zero-order valence-corrected chi connectivity index (χ0v) is 13.5. The molecule has 0 bridgehead atoms. The Hall–Kier alpha value is -2.65. The van der Waals surface area contributed by atoms with Crippen molar-refractivity contribution in [3.05, 3.63) is 64.4 Å². The van der Waals surface area contributed by atoms with Gasteiger partial charge < -0.3 is 4.90 Å². The topological polar surface area (TPSA) is 61.2 Å². The summed E-state index contributed by atoms with van der Waals surface area (Å²) in [4.78, 5) is 1.08. The van der Waals surface area contributed by atoms with Crippen LogP contribution in [0, 0.1) is 17.1 Å². The molecule has 0 spiro atoms. The number of rotatable bonds is 1. The van der Waals surface area contributed by atoms with Gasteiger partial charge in [0.1, 0.15) is 11.9 Å². The number of hydrogen-bond acceptors (Lipinski definition) is 4. The van der Waals surface area contributed by atoms with Crippen molar-refractivity contribution in [3.63, 3.8) is 0 Å². The number of benzene rings is 2. The first-order valence-electron chi connectivity index (χ1n) is 7.58. The number of nitrogens with zero attached hydrogens (tertiary/aromatic N) is 2. The molecule has 1 aliphatic heterocycles. The van der Waals surface area contributed by atoms with Crippen molar-refractivity contribution in [2.45, 2.75) is 24.2 Å². The molecule has 0 amide bonds. The first kappa shape index (κ1) is 14.9. The molecule has 0 radical (unpaired) electrons. The minimum absolute atomic E-state index is 0.179.